The number of carbonyl (C=O) groups is 3. The molecular formula is C42H75N3O5S. The summed E-state index contributed by atoms with van der Waals surface area (Å²) in [5, 5.41) is 0.0589. The van der Waals surface area contributed by atoms with Crippen LogP contribution in [0.25, 0.3) is 0 Å². The molecule has 0 aliphatic rings. The molecule has 0 saturated carbocycles. The van der Waals surface area contributed by atoms with E-state index in [1.165, 1.54) is 88.8 Å². The number of ether oxygens (including phenoxy) is 2. The molecule has 0 aliphatic carbocycles. The lowest BCUT2D eigenvalue weighted by Gasteiger charge is -2.23. The van der Waals surface area contributed by atoms with Crippen molar-refractivity contribution < 1.29 is 23.9 Å². The Morgan fingerprint density at radius 3 is 2.00 bits per heavy atom. The number of nitrogens with zero attached hydrogens (tertiary/aromatic N) is 3. The van der Waals surface area contributed by atoms with Gasteiger partial charge in [0.1, 0.15) is 18.5 Å². The molecule has 51 heavy (non-hydrogen) atoms. The first-order valence-corrected chi connectivity index (χ1v) is 21.8. The molecule has 1 aromatic rings. The Bertz CT molecular complexity index is 1020. The summed E-state index contributed by atoms with van der Waals surface area (Å²) in [6, 6.07) is 0. The number of carbonyl (C=O) groups excluding carboxylic acids is 3. The van der Waals surface area contributed by atoms with E-state index in [1.807, 2.05) is 24.1 Å². The predicted molar refractivity (Wildman–Crippen MR) is 214 cm³/mol. The van der Waals surface area contributed by atoms with E-state index in [-0.39, 0.29) is 23.3 Å². The van der Waals surface area contributed by atoms with Crippen LogP contribution in [0.2, 0.25) is 0 Å². The van der Waals surface area contributed by atoms with Crippen molar-refractivity contribution in [2.75, 3.05) is 25.4 Å². The Kier molecular flexibility index (Phi) is 30.7. The van der Waals surface area contributed by atoms with Crippen LogP contribution in [0.4, 0.5) is 4.79 Å². The van der Waals surface area contributed by atoms with Crippen molar-refractivity contribution >= 4 is 28.9 Å². The molecule has 1 heterocycles. The summed E-state index contributed by atoms with van der Waals surface area (Å²) in [6.07, 6.45) is 32.4. The lowest BCUT2D eigenvalue weighted by Crippen LogP contribution is -2.31. The van der Waals surface area contributed by atoms with Gasteiger partial charge in [-0.05, 0) is 71.1 Å². The molecule has 9 heteroatoms. The van der Waals surface area contributed by atoms with E-state index >= 15 is 0 Å². The molecule has 0 aromatic carbocycles. The molecule has 1 rings (SSSR count). The summed E-state index contributed by atoms with van der Waals surface area (Å²) in [6.45, 7) is 11.0. The Labute approximate surface area is 316 Å². The third-order valence-corrected chi connectivity index (χ3v) is 10.4. The normalized spacial score (nSPS) is 11.5. The highest BCUT2D eigenvalue weighted by atomic mass is 32.2. The van der Waals surface area contributed by atoms with Gasteiger partial charge < -0.3 is 18.9 Å². The van der Waals surface area contributed by atoms with Crippen molar-refractivity contribution in [1.29, 1.82) is 0 Å². The van der Waals surface area contributed by atoms with E-state index in [2.05, 4.69) is 36.4 Å². The highest BCUT2D eigenvalue weighted by Crippen LogP contribution is 2.19. The van der Waals surface area contributed by atoms with Crippen LogP contribution in [0.1, 0.15) is 181 Å². The summed E-state index contributed by atoms with van der Waals surface area (Å²) in [5.41, 5.74) is 0. The third kappa shape index (κ3) is 27.0. The number of rotatable bonds is 34. The Hall–Kier alpha value is -2.29. The van der Waals surface area contributed by atoms with Crippen LogP contribution >= 0.6 is 11.8 Å². The van der Waals surface area contributed by atoms with E-state index in [9.17, 15) is 14.4 Å². The number of thioether (sulfide) groups is 1. The van der Waals surface area contributed by atoms with Crippen molar-refractivity contribution in [3.05, 3.63) is 30.4 Å². The first kappa shape index (κ1) is 46.7. The van der Waals surface area contributed by atoms with Crippen LogP contribution in [-0.4, -0.2) is 63.2 Å². The zero-order valence-electron chi connectivity index (χ0n) is 33.2. The molecule has 0 aliphatic heterocycles. The average Bonchev–Trinajstić information content (AvgIpc) is 3.53. The van der Waals surface area contributed by atoms with Gasteiger partial charge in [-0.2, -0.15) is 0 Å². The second-order valence-electron chi connectivity index (χ2n) is 14.1. The first-order chi connectivity index (χ1) is 24.9. The van der Waals surface area contributed by atoms with Crippen LogP contribution in [-0.2, 0) is 25.6 Å². The van der Waals surface area contributed by atoms with E-state index in [1.54, 1.807) is 6.20 Å². The van der Waals surface area contributed by atoms with Crippen molar-refractivity contribution in [3.8, 4) is 0 Å². The number of hydrogen-bond acceptors (Lipinski definition) is 7. The second kappa shape index (κ2) is 33.5. The Morgan fingerprint density at radius 2 is 1.35 bits per heavy atom. The van der Waals surface area contributed by atoms with Crippen LogP contribution in [0.3, 0.4) is 0 Å². The number of aryl methyl sites for hydroxylation is 2. The molecule has 294 valence electrons. The van der Waals surface area contributed by atoms with Crippen molar-refractivity contribution in [3.63, 3.8) is 0 Å². The van der Waals surface area contributed by atoms with Gasteiger partial charge in [-0.15, -0.1) is 0 Å². The molecule has 1 aromatic heterocycles. The lowest BCUT2D eigenvalue weighted by molar-refractivity contribution is -0.150. The minimum Gasteiger partial charge on any atom is -0.462 e. The molecule has 0 saturated heterocycles. The molecule has 0 unspecified atom stereocenters. The fraction of sp³-hybridized carbons (Fsp3) is 0.810. The van der Waals surface area contributed by atoms with Crippen LogP contribution < -0.4 is 0 Å². The number of hydrogen-bond donors (Lipinski definition) is 0. The van der Waals surface area contributed by atoms with Crippen LogP contribution in [0, 0.1) is 6.92 Å². The topological polar surface area (TPSA) is 90.7 Å². The van der Waals surface area contributed by atoms with Gasteiger partial charge in [0, 0.05) is 50.6 Å². The molecule has 8 nitrogen and oxygen atoms in total. The summed E-state index contributed by atoms with van der Waals surface area (Å²) < 4.78 is 13.5. The first-order valence-electron chi connectivity index (χ1n) is 20.8. The maximum absolute atomic E-state index is 13.3. The molecule has 0 bridgehead atoms. The smallest absolute Gasteiger partial charge is 0.306 e. The van der Waals surface area contributed by atoms with Crippen LogP contribution in [0.15, 0.2) is 24.5 Å². The zero-order chi connectivity index (χ0) is 37.2. The van der Waals surface area contributed by atoms with Gasteiger partial charge in [-0.3, -0.25) is 14.4 Å². The van der Waals surface area contributed by atoms with Gasteiger partial charge in [0.25, 0.3) is 5.24 Å². The summed E-state index contributed by atoms with van der Waals surface area (Å²) in [5.74, 6) is 1.41. The standard InChI is InChI=1S/C42H75N3O5S/c1-5-8-11-14-15-18-24-36-49-40(46)29-22-19-23-32-45(42(48)51-37-26-34-44-35-31-43-38(44)4)33-25-30-41(47)50-39(27-20-16-12-9-6-2)28-21-17-13-10-7-3/h18,24,31,35,39H,5-17,19-23,25-30,32-34,36-37H2,1-4H3/b24-18-. The number of esters is 2. The number of aromatic nitrogens is 2. The largest absolute Gasteiger partial charge is 0.462 e. The average molecular weight is 734 g/mol. The molecular weight excluding hydrogens is 659 g/mol. The summed E-state index contributed by atoms with van der Waals surface area (Å²) in [7, 11) is 0. The van der Waals surface area contributed by atoms with Gasteiger partial charge in [0.2, 0.25) is 0 Å². The predicted octanol–water partition coefficient (Wildman–Crippen LogP) is 11.8. The van der Waals surface area contributed by atoms with E-state index in [0.29, 0.717) is 39.0 Å². The minimum atomic E-state index is -0.166. The van der Waals surface area contributed by atoms with Gasteiger partial charge in [-0.25, -0.2) is 4.98 Å². The molecule has 0 fully saturated rings. The maximum Gasteiger partial charge on any atom is 0.306 e. The molecule has 0 spiro atoms. The number of allylic oxidation sites excluding steroid dienone is 1. The number of amides is 1. The van der Waals surface area contributed by atoms with E-state index in [0.717, 1.165) is 75.9 Å². The summed E-state index contributed by atoms with van der Waals surface area (Å²) >= 11 is 1.35. The zero-order valence-corrected chi connectivity index (χ0v) is 34.0. The third-order valence-electron chi connectivity index (χ3n) is 9.36. The highest BCUT2D eigenvalue weighted by molar-refractivity contribution is 8.13. The van der Waals surface area contributed by atoms with E-state index in [4.69, 9.17) is 9.47 Å². The van der Waals surface area contributed by atoms with E-state index < -0.39 is 0 Å². The highest BCUT2D eigenvalue weighted by Gasteiger charge is 2.18. The van der Waals surface area contributed by atoms with Crippen molar-refractivity contribution in [2.45, 2.75) is 194 Å². The second-order valence-corrected chi connectivity index (χ2v) is 15.1. The van der Waals surface area contributed by atoms with Gasteiger partial charge in [-0.1, -0.05) is 122 Å². The van der Waals surface area contributed by atoms with Gasteiger partial charge in [0.05, 0.1) is 0 Å². The minimum absolute atomic E-state index is 0.00596. The van der Waals surface area contributed by atoms with Crippen molar-refractivity contribution in [2.24, 2.45) is 0 Å². The molecule has 1 amide bonds. The summed E-state index contributed by atoms with van der Waals surface area (Å²) in [4.78, 5) is 44.6. The SMILES string of the molecule is CCCCCC/C=C\COC(=O)CCCCCN(CCCC(=O)OC(CCCCCCC)CCCCCCC)C(=O)SCCCn1ccnc1C. The number of unbranched alkanes of at least 4 members (excludes halogenated alkanes) is 14. The van der Waals surface area contributed by atoms with Gasteiger partial charge >= 0.3 is 11.9 Å². The maximum atomic E-state index is 13.3. The number of imidazole rings is 1. The fourth-order valence-electron chi connectivity index (χ4n) is 6.13. The molecule has 0 radical (unpaired) electrons. The van der Waals surface area contributed by atoms with Crippen molar-refractivity contribution in [1.82, 2.24) is 14.5 Å². The lowest BCUT2D eigenvalue weighted by atomic mass is 10.0. The quantitative estimate of drug-likeness (QED) is 0.0395. The molecule has 0 N–H and O–H groups in total. The fourth-order valence-corrected chi connectivity index (χ4v) is 6.94. The Morgan fingerprint density at radius 1 is 0.745 bits per heavy atom. The Balaban J connectivity index is 2.53. The monoisotopic (exact) mass is 734 g/mol. The van der Waals surface area contributed by atoms with Gasteiger partial charge in [0.15, 0.2) is 0 Å². The van der Waals surface area contributed by atoms with Crippen LogP contribution in [0.5, 0.6) is 0 Å². The molecule has 0 atom stereocenters.